The monoisotopic (exact) mass is 589 g/mol. The molecule has 7 atom stereocenters. The van der Waals surface area contributed by atoms with E-state index in [0.29, 0.717) is 13.0 Å². The molecule has 1 spiro atoms. The lowest BCUT2D eigenvalue weighted by Gasteiger charge is -2.40. The number of alkyl halides is 1. The molecule has 1 aromatic rings. The molecule has 1 aromatic carbocycles. The van der Waals surface area contributed by atoms with Crippen LogP contribution in [0.4, 0.5) is 5.69 Å². The van der Waals surface area contributed by atoms with E-state index in [9.17, 15) is 19.5 Å². The molecule has 7 nitrogen and oxygen atoms in total. The van der Waals surface area contributed by atoms with Crippen LogP contribution in [0.15, 0.2) is 43.5 Å². The normalized spacial score (nSPS) is 30.7. The predicted octanol–water partition coefficient (Wildman–Crippen LogP) is 3.31. The number of aryl methyl sites for hydroxylation is 2. The average Bonchev–Trinajstić information content (AvgIpc) is 3.45. The molecule has 3 saturated heterocycles. The minimum atomic E-state index is -0.816. The van der Waals surface area contributed by atoms with Gasteiger partial charge in [-0.1, -0.05) is 46.3 Å². The number of halogens is 1. The van der Waals surface area contributed by atoms with Gasteiger partial charge in [-0.15, -0.1) is 24.9 Å². The fraction of sp³-hybridized carbons (Fsp3) is 0.536. The van der Waals surface area contributed by atoms with Gasteiger partial charge in [0.25, 0.3) is 5.91 Å². The van der Waals surface area contributed by atoms with Crippen molar-refractivity contribution in [3.8, 4) is 0 Å². The molecule has 3 aliphatic heterocycles. The third-order valence-electron chi connectivity index (χ3n) is 8.05. The van der Waals surface area contributed by atoms with Gasteiger partial charge in [0.05, 0.1) is 29.2 Å². The molecule has 3 aliphatic rings. The van der Waals surface area contributed by atoms with Crippen LogP contribution in [0.3, 0.4) is 0 Å². The third-order valence-corrected chi connectivity index (χ3v) is 11.3. The Morgan fingerprint density at radius 2 is 1.86 bits per heavy atom. The second kappa shape index (κ2) is 10.6. The van der Waals surface area contributed by atoms with Crippen molar-refractivity contribution in [1.29, 1.82) is 0 Å². The summed E-state index contributed by atoms with van der Waals surface area (Å²) in [5, 5.41) is 10.0. The van der Waals surface area contributed by atoms with E-state index in [1.807, 2.05) is 32.0 Å². The number of nitrogens with zero attached hydrogens (tertiary/aromatic N) is 3. The van der Waals surface area contributed by atoms with E-state index in [1.165, 1.54) is 0 Å². The molecule has 1 N–H and O–H groups in total. The van der Waals surface area contributed by atoms with Crippen molar-refractivity contribution in [1.82, 2.24) is 9.80 Å². The zero-order valence-electron chi connectivity index (χ0n) is 21.9. The van der Waals surface area contributed by atoms with Crippen molar-refractivity contribution in [2.75, 3.05) is 31.6 Å². The Labute approximate surface area is 232 Å². The summed E-state index contributed by atoms with van der Waals surface area (Å²) in [4.78, 5) is 47.3. The number of hydrogen-bond donors (Lipinski definition) is 1. The highest BCUT2D eigenvalue weighted by atomic mass is 79.9. The highest BCUT2D eigenvalue weighted by molar-refractivity contribution is 9.09. The molecule has 0 saturated carbocycles. The van der Waals surface area contributed by atoms with E-state index in [2.05, 4.69) is 29.1 Å². The van der Waals surface area contributed by atoms with Crippen molar-refractivity contribution in [2.24, 2.45) is 11.8 Å². The van der Waals surface area contributed by atoms with E-state index < -0.39 is 28.7 Å². The Hall–Kier alpha value is -2.10. The number of rotatable bonds is 9. The molecule has 0 aromatic heterocycles. The van der Waals surface area contributed by atoms with Gasteiger partial charge in [-0.2, -0.15) is 0 Å². The number of likely N-dealkylation sites (N-methyl/N-ethyl adjacent to an activating group) is 1. The number of hydrogen-bond acceptors (Lipinski definition) is 5. The van der Waals surface area contributed by atoms with Crippen LogP contribution in [-0.2, 0) is 14.4 Å². The topological polar surface area (TPSA) is 81.2 Å². The number of anilines is 1. The average molecular weight is 591 g/mol. The maximum absolute atomic E-state index is 14.6. The minimum absolute atomic E-state index is 0.0136. The largest absolute Gasteiger partial charge is 0.394 e. The first-order valence-corrected chi connectivity index (χ1v) is 14.4. The number of benzene rings is 1. The zero-order valence-corrected chi connectivity index (χ0v) is 24.3. The summed E-state index contributed by atoms with van der Waals surface area (Å²) in [7, 11) is 1.72. The Kier molecular flexibility index (Phi) is 7.98. The van der Waals surface area contributed by atoms with E-state index >= 15 is 0 Å². The first-order valence-electron chi connectivity index (χ1n) is 12.6. The van der Waals surface area contributed by atoms with Gasteiger partial charge >= 0.3 is 0 Å². The van der Waals surface area contributed by atoms with Crippen molar-refractivity contribution in [3.63, 3.8) is 0 Å². The van der Waals surface area contributed by atoms with Gasteiger partial charge in [0.2, 0.25) is 11.8 Å². The highest BCUT2D eigenvalue weighted by Gasteiger charge is 2.76. The summed E-state index contributed by atoms with van der Waals surface area (Å²) in [5.74, 6) is -1.72. The molecule has 4 rings (SSSR count). The van der Waals surface area contributed by atoms with Gasteiger partial charge < -0.3 is 19.8 Å². The number of fused-ring (bicyclic) bond motifs is 1. The zero-order chi connectivity index (χ0) is 27.2. The van der Waals surface area contributed by atoms with E-state index in [1.54, 1.807) is 52.6 Å². The van der Waals surface area contributed by atoms with Crippen LogP contribution in [0.1, 0.15) is 24.5 Å². The van der Waals surface area contributed by atoms with Crippen LogP contribution in [0.25, 0.3) is 0 Å². The summed E-state index contributed by atoms with van der Waals surface area (Å²) in [6, 6.07) is 4.51. The van der Waals surface area contributed by atoms with Crippen molar-refractivity contribution in [3.05, 3.63) is 54.6 Å². The Morgan fingerprint density at radius 1 is 1.24 bits per heavy atom. The Bertz CT molecular complexity index is 1110. The fourth-order valence-electron chi connectivity index (χ4n) is 6.53. The summed E-state index contributed by atoms with van der Waals surface area (Å²) in [5.41, 5.74) is 2.72. The summed E-state index contributed by atoms with van der Waals surface area (Å²) in [6.45, 7) is 13.7. The SMILES string of the molecule is C=CCN(C)C(=O)[C@H]1[C@@H]2SC3(CC2Br)C(C(=O)N(CC=C)c2c(C)cccc2C)N([C@H](C)CO)C(=O)[C@H]13. The molecular formula is C28H36BrN3O4S. The third kappa shape index (κ3) is 4.27. The van der Waals surface area contributed by atoms with E-state index in [0.717, 1.165) is 16.8 Å². The lowest BCUT2D eigenvalue weighted by molar-refractivity contribution is -0.144. The van der Waals surface area contributed by atoms with E-state index in [-0.39, 0.29) is 41.0 Å². The van der Waals surface area contributed by atoms with Crippen LogP contribution in [0.5, 0.6) is 0 Å². The Morgan fingerprint density at radius 3 is 2.43 bits per heavy atom. The molecule has 3 amide bonds. The van der Waals surface area contributed by atoms with Crippen molar-refractivity contribution >= 4 is 51.1 Å². The van der Waals surface area contributed by atoms with Gasteiger partial charge in [-0.25, -0.2) is 0 Å². The number of thioether (sulfide) groups is 1. The summed E-state index contributed by atoms with van der Waals surface area (Å²) < 4.78 is -0.776. The first kappa shape index (κ1) is 27.9. The highest BCUT2D eigenvalue weighted by Crippen LogP contribution is 2.68. The molecular weight excluding hydrogens is 554 g/mol. The molecule has 2 bridgehead atoms. The minimum Gasteiger partial charge on any atom is -0.394 e. The van der Waals surface area contributed by atoms with Crippen LogP contribution >= 0.6 is 27.7 Å². The van der Waals surface area contributed by atoms with Crippen LogP contribution < -0.4 is 4.90 Å². The number of aliphatic hydroxyl groups excluding tert-OH is 1. The van der Waals surface area contributed by atoms with Crippen LogP contribution in [0.2, 0.25) is 0 Å². The second-order valence-electron chi connectivity index (χ2n) is 10.4. The molecule has 3 unspecified atom stereocenters. The predicted molar refractivity (Wildman–Crippen MR) is 152 cm³/mol. The van der Waals surface area contributed by atoms with Crippen molar-refractivity contribution in [2.45, 2.75) is 54.1 Å². The van der Waals surface area contributed by atoms with Crippen molar-refractivity contribution < 1.29 is 19.5 Å². The van der Waals surface area contributed by atoms with Gasteiger partial charge in [0.1, 0.15) is 6.04 Å². The molecule has 200 valence electrons. The molecule has 0 aliphatic carbocycles. The number of carbonyl (C=O) groups excluding carboxylic acids is 3. The van der Waals surface area contributed by atoms with Gasteiger partial charge in [0, 0.05) is 35.9 Å². The maximum Gasteiger partial charge on any atom is 0.251 e. The molecule has 9 heteroatoms. The molecule has 37 heavy (non-hydrogen) atoms. The molecule has 3 fully saturated rings. The second-order valence-corrected chi connectivity index (χ2v) is 13.1. The quantitative estimate of drug-likeness (QED) is 0.353. The number of para-hydroxylation sites is 1. The summed E-state index contributed by atoms with van der Waals surface area (Å²) >= 11 is 5.40. The number of carbonyl (C=O) groups is 3. The fourth-order valence-corrected chi connectivity index (χ4v) is 10.1. The molecule has 3 heterocycles. The van der Waals surface area contributed by atoms with Crippen LogP contribution in [-0.4, -0.2) is 86.3 Å². The summed E-state index contributed by atoms with van der Waals surface area (Å²) in [6.07, 6.45) is 3.95. The standard InChI is InChI=1S/C28H36BrN3O4S/c1-7-12-30(6)25(34)20-21-26(35)32(18(5)15-33)24(28(21)14-19(29)23(20)37-28)27(36)31(13-8-2)22-16(3)10-9-11-17(22)4/h7-11,18-21,23-24,33H,1-2,12-15H2,3-6H3/t18-,19?,20-,21+,23-,24?,28?/m1/s1. The number of likely N-dealkylation sites (tertiary alicyclic amines) is 1. The Balaban J connectivity index is 1.85. The van der Waals surface area contributed by atoms with E-state index in [4.69, 9.17) is 0 Å². The molecule has 0 radical (unpaired) electrons. The van der Waals surface area contributed by atoms with Gasteiger partial charge in [-0.3, -0.25) is 14.4 Å². The van der Waals surface area contributed by atoms with Gasteiger partial charge in [-0.05, 0) is 38.3 Å². The smallest absolute Gasteiger partial charge is 0.251 e. The lowest BCUT2D eigenvalue weighted by Crippen LogP contribution is -2.57. The lowest BCUT2D eigenvalue weighted by atomic mass is 9.70. The number of amides is 3. The first-order chi connectivity index (χ1) is 17.5. The maximum atomic E-state index is 14.6. The van der Waals surface area contributed by atoms with Crippen LogP contribution in [0, 0.1) is 25.7 Å². The number of aliphatic hydroxyl groups is 1. The van der Waals surface area contributed by atoms with Gasteiger partial charge in [0.15, 0.2) is 0 Å².